The van der Waals surface area contributed by atoms with E-state index in [1.807, 2.05) is 0 Å². The average molecular weight is 325 g/mol. The molecule has 0 bridgehead atoms. The summed E-state index contributed by atoms with van der Waals surface area (Å²) in [7, 11) is 2.21. The number of benzene rings is 1. The van der Waals surface area contributed by atoms with E-state index >= 15 is 0 Å². The zero-order chi connectivity index (χ0) is 13.3. The molecule has 1 N–H and O–H groups in total. The van der Waals surface area contributed by atoms with Crippen molar-refractivity contribution in [1.82, 2.24) is 10.2 Å². The van der Waals surface area contributed by atoms with Crippen molar-refractivity contribution in [3.05, 3.63) is 34.3 Å². The Labute approximate surface area is 123 Å². The van der Waals surface area contributed by atoms with Gasteiger partial charge in [-0.3, -0.25) is 0 Å². The summed E-state index contributed by atoms with van der Waals surface area (Å²) >= 11 is 3.51. The van der Waals surface area contributed by atoms with Crippen molar-refractivity contribution in [2.24, 2.45) is 0 Å². The molecule has 0 radical (unpaired) electrons. The second-order valence-electron chi connectivity index (χ2n) is 5.90. The minimum absolute atomic E-state index is 0.219. The molecule has 0 spiro atoms. The number of piperazine rings is 1. The van der Waals surface area contributed by atoms with Crippen LogP contribution in [0.5, 0.6) is 0 Å². The molecule has 2 fully saturated rings. The van der Waals surface area contributed by atoms with Gasteiger partial charge in [0.15, 0.2) is 0 Å². The maximum Gasteiger partial charge on any atom is 0.0586 e. The Bertz CT molecular complexity index is 430. The smallest absolute Gasteiger partial charge is 0.0586 e. The first-order valence-electron chi connectivity index (χ1n) is 6.94. The summed E-state index contributed by atoms with van der Waals surface area (Å²) in [4.78, 5) is 2.41. The molecule has 0 aliphatic carbocycles. The standard InChI is InChI=1S/C15H21BrN2O/c1-18-7-6-17-14(9-18)8-15(10-19-11-15)12-2-4-13(16)5-3-12/h2-5,14,17H,6-11H2,1H3. The minimum atomic E-state index is 0.219. The lowest BCUT2D eigenvalue weighted by atomic mass is 9.73. The van der Waals surface area contributed by atoms with E-state index in [-0.39, 0.29) is 5.41 Å². The van der Waals surface area contributed by atoms with Crippen molar-refractivity contribution in [3.8, 4) is 0 Å². The molecular weight excluding hydrogens is 304 g/mol. The first kappa shape index (κ1) is 13.6. The van der Waals surface area contributed by atoms with Crippen LogP contribution >= 0.6 is 15.9 Å². The fourth-order valence-corrected chi connectivity index (χ4v) is 3.42. The molecule has 1 unspecified atom stereocenters. The van der Waals surface area contributed by atoms with Crippen LogP contribution in [0.2, 0.25) is 0 Å². The highest BCUT2D eigenvalue weighted by atomic mass is 79.9. The molecule has 3 rings (SSSR count). The summed E-state index contributed by atoms with van der Waals surface area (Å²) < 4.78 is 6.68. The second-order valence-corrected chi connectivity index (χ2v) is 6.81. The fourth-order valence-electron chi connectivity index (χ4n) is 3.15. The molecule has 0 amide bonds. The van der Waals surface area contributed by atoms with Crippen LogP contribution in [0.4, 0.5) is 0 Å². The third kappa shape index (κ3) is 2.87. The van der Waals surface area contributed by atoms with Crippen molar-refractivity contribution in [2.45, 2.75) is 17.9 Å². The molecular formula is C15H21BrN2O. The van der Waals surface area contributed by atoms with Crippen LogP contribution in [0, 0.1) is 0 Å². The normalized spacial score (nSPS) is 26.9. The van der Waals surface area contributed by atoms with E-state index in [1.165, 1.54) is 12.0 Å². The van der Waals surface area contributed by atoms with Crippen molar-refractivity contribution < 1.29 is 4.74 Å². The molecule has 1 aromatic carbocycles. The summed E-state index contributed by atoms with van der Waals surface area (Å²) in [6.45, 7) is 5.10. The van der Waals surface area contributed by atoms with Gasteiger partial charge in [0, 0.05) is 35.6 Å². The van der Waals surface area contributed by atoms with Gasteiger partial charge in [-0.2, -0.15) is 0 Å². The Morgan fingerprint density at radius 1 is 1.37 bits per heavy atom. The molecule has 2 heterocycles. The van der Waals surface area contributed by atoms with Gasteiger partial charge in [0.1, 0.15) is 0 Å². The highest BCUT2D eigenvalue weighted by molar-refractivity contribution is 9.10. The topological polar surface area (TPSA) is 24.5 Å². The Balaban J connectivity index is 1.74. The summed E-state index contributed by atoms with van der Waals surface area (Å²) in [6, 6.07) is 9.32. The van der Waals surface area contributed by atoms with Gasteiger partial charge in [0.25, 0.3) is 0 Å². The Morgan fingerprint density at radius 3 is 2.68 bits per heavy atom. The molecule has 1 aromatic rings. The highest BCUT2D eigenvalue weighted by Crippen LogP contribution is 2.37. The molecule has 19 heavy (non-hydrogen) atoms. The zero-order valence-corrected chi connectivity index (χ0v) is 12.9. The van der Waals surface area contributed by atoms with E-state index in [4.69, 9.17) is 4.74 Å². The van der Waals surface area contributed by atoms with Crippen LogP contribution in [0.25, 0.3) is 0 Å². The van der Waals surface area contributed by atoms with Crippen LogP contribution in [0.1, 0.15) is 12.0 Å². The number of nitrogens with one attached hydrogen (secondary N) is 1. The SMILES string of the molecule is CN1CCNC(CC2(c3ccc(Br)cc3)COC2)C1. The number of likely N-dealkylation sites (N-methyl/N-ethyl adjacent to an activating group) is 1. The lowest BCUT2D eigenvalue weighted by Gasteiger charge is -2.45. The predicted octanol–water partition coefficient (Wildman–Crippen LogP) is 2.01. The molecule has 1 atom stereocenters. The molecule has 0 saturated carbocycles. The Hall–Kier alpha value is -0.420. The molecule has 0 aromatic heterocycles. The number of halogens is 1. The molecule has 2 aliphatic rings. The fraction of sp³-hybridized carbons (Fsp3) is 0.600. The van der Waals surface area contributed by atoms with Crippen LogP contribution in [0.15, 0.2) is 28.7 Å². The summed E-state index contributed by atoms with van der Waals surface area (Å²) in [5.74, 6) is 0. The molecule has 4 heteroatoms. The van der Waals surface area contributed by atoms with Gasteiger partial charge in [-0.05, 0) is 31.2 Å². The lowest BCUT2D eigenvalue weighted by molar-refractivity contribution is -0.0706. The van der Waals surface area contributed by atoms with Crippen LogP contribution < -0.4 is 5.32 Å². The molecule has 2 saturated heterocycles. The number of hydrogen-bond donors (Lipinski definition) is 1. The van der Waals surface area contributed by atoms with Crippen molar-refractivity contribution in [1.29, 1.82) is 0 Å². The molecule has 104 valence electrons. The van der Waals surface area contributed by atoms with Gasteiger partial charge in [-0.25, -0.2) is 0 Å². The maximum absolute atomic E-state index is 5.54. The summed E-state index contributed by atoms with van der Waals surface area (Å²) in [5, 5.41) is 3.65. The largest absolute Gasteiger partial charge is 0.379 e. The van der Waals surface area contributed by atoms with Crippen molar-refractivity contribution in [2.75, 3.05) is 39.9 Å². The van der Waals surface area contributed by atoms with E-state index in [1.54, 1.807) is 0 Å². The average Bonchev–Trinajstić information content (AvgIpc) is 2.35. The van der Waals surface area contributed by atoms with E-state index in [2.05, 4.69) is 57.5 Å². The van der Waals surface area contributed by atoms with E-state index < -0.39 is 0 Å². The number of ether oxygens (including phenoxy) is 1. The van der Waals surface area contributed by atoms with E-state index in [9.17, 15) is 0 Å². The van der Waals surface area contributed by atoms with Crippen molar-refractivity contribution >= 4 is 15.9 Å². The van der Waals surface area contributed by atoms with E-state index in [0.29, 0.717) is 6.04 Å². The molecule has 3 nitrogen and oxygen atoms in total. The number of nitrogens with zero attached hydrogens (tertiary/aromatic N) is 1. The first-order valence-corrected chi connectivity index (χ1v) is 7.73. The third-order valence-electron chi connectivity index (χ3n) is 4.31. The Morgan fingerprint density at radius 2 is 2.11 bits per heavy atom. The summed E-state index contributed by atoms with van der Waals surface area (Å²) in [5.41, 5.74) is 1.63. The number of hydrogen-bond acceptors (Lipinski definition) is 3. The quantitative estimate of drug-likeness (QED) is 0.920. The lowest BCUT2D eigenvalue weighted by Crippen LogP contribution is -2.56. The number of rotatable bonds is 3. The van der Waals surface area contributed by atoms with E-state index in [0.717, 1.165) is 37.3 Å². The monoisotopic (exact) mass is 324 g/mol. The highest BCUT2D eigenvalue weighted by Gasteiger charge is 2.42. The van der Waals surface area contributed by atoms with Gasteiger partial charge in [0.2, 0.25) is 0 Å². The van der Waals surface area contributed by atoms with Gasteiger partial charge >= 0.3 is 0 Å². The Kier molecular flexibility index (Phi) is 3.94. The van der Waals surface area contributed by atoms with Gasteiger partial charge in [0.05, 0.1) is 13.2 Å². The first-order chi connectivity index (χ1) is 9.18. The minimum Gasteiger partial charge on any atom is -0.379 e. The second kappa shape index (κ2) is 5.52. The van der Waals surface area contributed by atoms with Gasteiger partial charge < -0.3 is 15.0 Å². The maximum atomic E-state index is 5.54. The van der Waals surface area contributed by atoms with Crippen LogP contribution in [-0.4, -0.2) is 50.8 Å². The van der Waals surface area contributed by atoms with Gasteiger partial charge in [-0.1, -0.05) is 28.1 Å². The predicted molar refractivity (Wildman–Crippen MR) is 80.5 cm³/mol. The van der Waals surface area contributed by atoms with Crippen LogP contribution in [-0.2, 0) is 10.2 Å². The molecule has 2 aliphatic heterocycles. The van der Waals surface area contributed by atoms with Crippen molar-refractivity contribution in [3.63, 3.8) is 0 Å². The van der Waals surface area contributed by atoms with Crippen LogP contribution in [0.3, 0.4) is 0 Å². The van der Waals surface area contributed by atoms with Gasteiger partial charge in [-0.15, -0.1) is 0 Å². The third-order valence-corrected chi connectivity index (χ3v) is 4.84. The summed E-state index contributed by atoms with van der Waals surface area (Å²) in [6.07, 6.45) is 1.17. The zero-order valence-electron chi connectivity index (χ0n) is 11.4.